The van der Waals surface area contributed by atoms with Crippen molar-refractivity contribution in [3.8, 4) is 0 Å². The zero-order valence-electron chi connectivity index (χ0n) is 20.9. The van der Waals surface area contributed by atoms with E-state index in [1.807, 2.05) is 0 Å². The number of carboxylic acids is 1. The van der Waals surface area contributed by atoms with Gasteiger partial charge in [-0.25, -0.2) is 4.79 Å². The number of Topliss-reactive ketones (excluding diaryl/α,β-unsaturated/α-hetero) is 1. The standard InChI is InChI=1S/C26H30N2O8/c1-5-35-23(33)26(22(31)32,14-28-21(30)25(2,3)27(4)24(28)34)13-18(29)15-10-11-17-16-8-6-7-9-19(16)36-20(17)12-15/h10-12H,5-9,13-14H2,1-4H3,(H,31,32). The lowest BCUT2D eigenvalue weighted by Crippen LogP contribution is -2.52. The molecule has 1 aliphatic heterocycles. The molecule has 1 N–H and O–H groups in total. The Morgan fingerprint density at radius 1 is 1.17 bits per heavy atom. The lowest BCUT2D eigenvalue weighted by molar-refractivity contribution is -0.169. The van der Waals surface area contributed by atoms with Gasteiger partial charge in [-0.05, 0) is 46.1 Å². The number of esters is 1. The summed E-state index contributed by atoms with van der Waals surface area (Å²) in [6.45, 7) is 3.57. The number of furan rings is 1. The molecule has 0 radical (unpaired) electrons. The maximum atomic E-state index is 13.4. The van der Waals surface area contributed by atoms with E-state index in [0.29, 0.717) is 10.5 Å². The van der Waals surface area contributed by atoms with Gasteiger partial charge in [-0.2, -0.15) is 0 Å². The fraction of sp³-hybridized carbons (Fsp3) is 0.500. The molecule has 4 rings (SSSR count). The van der Waals surface area contributed by atoms with Crippen molar-refractivity contribution in [2.24, 2.45) is 5.41 Å². The smallest absolute Gasteiger partial charge is 0.327 e. The second-order valence-corrected chi connectivity index (χ2v) is 9.92. The molecule has 2 aromatic rings. The van der Waals surface area contributed by atoms with E-state index in [1.54, 1.807) is 18.2 Å². The van der Waals surface area contributed by atoms with Gasteiger partial charge >= 0.3 is 18.0 Å². The summed E-state index contributed by atoms with van der Waals surface area (Å²) in [5, 5.41) is 11.1. The minimum absolute atomic E-state index is 0.140. The third-order valence-corrected chi connectivity index (χ3v) is 7.37. The minimum atomic E-state index is -2.48. The average molecular weight is 499 g/mol. The molecule has 10 heteroatoms. The Kier molecular flexibility index (Phi) is 6.40. The van der Waals surface area contributed by atoms with Crippen LogP contribution in [-0.2, 0) is 32.0 Å². The molecule has 36 heavy (non-hydrogen) atoms. The molecular formula is C26H30N2O8. The first-order valence-electron chi connectivity index (χ1n) is 12.0. The van der Waals surface area contributed by atoms with Crippen LogP contribution >= 0.6 is 0 Å². The molecule has 192 valence electrons. The SMILES string of the molecule is CCOC(=O)C(CC(=O)c1ccc2c3c(oc2c1)CCCC3)(CN1C(=O)N(C)C(C)(C)C1=O)C(=O)O. The quantitative estimate of drug-likeness (QED) is 0.254. The normalized spacial score (nSPS) is 18.8. The molecule has 1 fully saturated rings. The van der Waals surface area contributed by atoms with Crippen molar-refractivity contribution in [2.75, 3.05) is 20.2 Å². The lowest BCUT2D eigenvalue weighted by Gasteiger charge is -2.30. The van der Waals surface area contributed by atoms with Gasteiger partial charge in [0.25, 0.3) is 5.91 Å². The number of nitrogens with zero attached hydrogens (tertiary/aromatic N) is 2. The van der Waals surface area contributed by atoms with Gasteiger partial charge in [-0.1, -0.05) is 12.1 Å². The molecule has 0 bridgehead atoms. The Labute approximate surface area is 208 Å². The van der Waals surface area contributed by atoms with Crippen LogP contribution < -0.4 is 0 Å². The van der Waals surface area contributed by atoms with Gasteiger partial charge in [0.1, 0.15) is 16.9 Å². The van der Waals surface area contributed by atoms with E-state index in [2.05, 4.69) is 0 Å². The highest BCUT2D eigenvalue weighted by Gasteiger charge is 2.57. The first kappa shape index (κ1) is 25.4. The average Bonchev–Trinajstić information content (AvgIpc) is 3.28. The number of likely N-dealkylation sites (N-methyl/N-ethyl adjacent to an activating group) is 1. The van der Waals surface area contributed by atoms with Crippen molar-refractivity contribution in [3.05, 3.63) is 35.1 Å². The van der Waals surface area contributed by atoms with Crippen LogP contribution in [0, 0.1) is 5.41 Å². The van der Waals surface area contributed by atoms with Crippen LogP contribution in [0.15, 0.2) is 22.6 Å². The predicted molar refractivity (Wildman–Crippen MR) is 127 cm³/mol. The molecular weight excluding hydrogens is 468 g/mol. The van der Waals surface area contributed by atoms with Crippen molar-refractivity contribution < 1.29 is 38.2 Å². The number of carbonyl (C=O) groups is 5. The number of ether oxygens (including phenoxy) is 1. The Morgan fingerprint density at radius 3 is 2.47 bits per heavy atom. The van der Waals surface area contributed by atoms with E-state index in [-0.39, 0.29) is 12.2 Å². The summed E-state index contributed by atoms with van der Waals surface area (Å²) < 4.78 is 11.0. The summed E-state index contributed by atoms with van der Waals surface area (Å²) in [5.41, 5.74) is -1.89. The summed E-state index contributed by atoms with van der Waals surface area (Å²) in [6.07, 6.45) is 3.00. The molecule has 1 unspecified atom stereocenters. The van der Waals surface area contributed by atoms with E-state index < -0.39 is 53.6 Å². The third kappa shape index (κ3) is 3.94. The number of fused-ring (bicyclic) bond motifs is 3. The van der Waals surface area contributed by atoms with Crippen molar-refractivity contribution in [3.63, 3.8) is 0 Å². The molecule has 2 aliphatic rings. The largest absolute Gasteiger partial charge is 0.480 e. The highest BCUT2D eigenvalue weighted by atomic mass is 16.5. The highest BCUT2D eigenvalue weighted by Crippen LogP contribution is 2.36. The van der Waals surface area contributed by atoms with Gasteiger partial charge in [0, 0.05) is 36.4 Å². The number of carboxylic acid groups (broad SMARTS) is 1. The topological polar surface area (TPSA) is 134 Å². The number of hydrogen-bond donors (Lipinski definition) is 1. The van der Waals surface area contributed by atoms with Crippen LogP contribution in [0.3, 0.4) is 0 Å². The van der Waals surface area contributed by atoms with Crippen LogP contribution in [0.2, 0.25) is 0 Å². The second kappa shape index (κ2) is 9.07. The number of rotatable bonds is 8. The van der Waals surface area contributed by atoms with Crippen LogP contribution in [0.1, 0.15) is 61.7 Å². The van der Waals surface area contributed by atoms with Gasteiger partial charge in [-0.3, -0.25) is 24.1 Å². The third-order valence-electron chi connectivity index (χ3n) is 7.37. The van der Waals surface area contributed by atoms with E-state index in [4.69, 9.17) is 9.15 Å². The molecule has 10 nitrogen and oxygen atoms in total. The number of amides is 3. The maximum absolute atomic E-state index is 13.4. The highest BCUT2D eigenvalue weighted by molar-refractivity contribution is 6.11. The number of hydrogen-bond acceptors (Lipinski definition) is 7. The second-order valence-electron chi connectivity index (χ2n) is 9.92. The van der Waals surface area contributed by atoms with E-state index >= 15 is 0 Å². The van der Waals surface area contributed by atoms with Crippen molar-refractivity contribution in [1.29, 1.82) is 0 Å². The molecule has 1 saturated heterocycles. The van der Waals surface area contributed by atoms with E-state index in [0.717, 1.165) is 42.4 Å². The van der Waals surface area contributed by atoms with Crippen molar-refractivity contribution in [2.45, 2.75) is 58.4 Å². The first-order chi connectivity index (χ1) is 16.9. The summed E-state index contributed by atoms with van der Waals surface area (Å²) in [6, 6.07) is 4.15. The number of imide groups is 1. The van der Waals surface area contributed by atoms with Crippen molar-refractivity contribution >= 4 is 40.6 Å². The van der Waals surface area contributed by atoms with Gasteiger partial charge < -0.3 is 19.2 Å². The Hall–Kier alpha value is -3.69. The maximum Gasteiger partial charge on any atom is 0.327 e. The molecule has 1 aromatic heterocycles. The van der Waals surface area contributed by atoms with Crippen molar-refractivity contribution in [1.82, 2.24) is 9.80 Å². The number of aryl methyl sites for hydroxylation is 2. The monoisotopic (exact) mass is 498 g/mol. The minimum Gasteiger partial charge on any atom is -0.480 e. The predicted octanol–water partition coefficient (Wildman–Crippen LogP) is 3.19. The van der Waals surface area contributed by atoms with Gasteiger partial charge in [0.05, 0.1) is 13.2 Å². The lowest BCUT2D eigenvalue weighted by atomic mass is 9.80. The summed E-state index contributed by atoms with van der Waals surface area (Å²) in [5.74, 6) is -3.26. The van der Waals surface area contributed by atoms with Crippen LogP contribution in [0.25, 0.3) is 11.0 Å². The van der Waals surface area contributed by atoms with E-state index in [9.17, 15) is 29.1 Å². The zero-order valence-corrected chi connectivity index (χ0v) is 20.9. The number of ketones is 1. The number of aliphatic carboxylic acids is 1. The summed E-state index contributed by atoms with van der Waals surface area (Å²) >= 11 is 0. The molecule has 0 saturated carbocycles. The van der Waals surface area contributed by atoms with Gasteiger partial charge in [0.15, 0.2) is 11.2 Å². The summed E-state index contributed by atoms with van der Waals surface area (Å²) in [4.78, 5) is 66.6. The molecule has 1 atom stereocenters. The molecule has 3 amide bonds. The molecule has 1 aliphatic carbocycles. The van der Waals surface area contributed by atoms with Crippen LogP contribution in [0.5, 0.6) is 0 Å². The fourth-order valence-electron chi connectivity index (χ4n) is 4.90. The molecule has 2 heterocycles. The number of carbonyl (C=O) groups excluding carboxylic acids is 4. The number of benzene rings is 1. The first-order valence-corrected chi connectivity index (χ1v) is 12.0. The van der Waals surface area contributed by atoms with Crippen LogP contribution in [-0.4, -0.2) is 70.3 Å². The number of urea groups is 1. The van der Waals surface area contributed by atoms with Crippen LogP contribution in [0.4, 0.5) is 4.79 Å². The zero-order chi connectivity index (χ0) is 26.4. The van der Waals surface area contributed by atoms with Gasteiger partial charge in [0.2, 0.25) is 0 Å². The molecule has 1 aromatic carbocycles. The fourth-order valence-corrected chi connectivity index (χ4v) is 4.90. The Morgan fingerprint density at radius 2 is 1.86 bits per heavy atom. The summed E-state index contributed by atoms with van der Waals surface area (Å²) in [7, 11) is 1.41. The Balaban J connectivity index is 1.70. The Bertz CT molecular complexity index is 1280. The molecule has 0 spiro atoms. The van der Waals surface area contributed by atoms with Gasteiger partial charge in [-0.15, -0.1) is 0 Å². The van der Waals surface area contributed by atoms with E-state index in [1.165, 1.54) is 32.7 Å².